The van der Waals surface area contributed by atoms with Crippen molar-refractivity contribution in [3.05, 3.63) is 0 Å². The molecule has 1 aliphatic carbocycles. The van der Waals surface area contributed by atoms with Crippen LogP contribution in [0.1, 0.15) is 38.5 Å². The van der Waals surface area contributed by atoms with E-state index in [-0.39, 0.29) is 11.8 Å². The van der Waals surface area contributed by atoms with Crippen molar-refractivity contribution in [2.24, 2.45) is 5.73 Å². The number of hydrogen-bond donors (Lipinski definition) is 3. The predicted octanol–water partition coefficient (Wildman–Crippen LogP) is -0.0518. The minimum atomic E-state index is -3.25. The highest BCUT2D eigenvalue weighted by Gasteiger charge is 2.26. The fraction of sp³-hybridized carbons (Fsp3) is 1.00. The maximum Gasteiger partial charge on any atom is 0.211 e. The highest BCUT2D eigenvalue weighted by Crippen LogP contribution is 2.19. The molecule has 0 aromatic carbocycles. The quantitative estimate of drug-likeness (QED) is 0.576. The summed E-state index contributed by atoms with van der Waals surface area (Å²) in [5, 5.41) is 9.66. The molecule has 1 fully saturated rings. The number of nitrogens with one attached hydrogen (secondary N) is 1. The summed E-state index contributed by atoms with van der Waals surface area (Å²) in [5.74, 6) is 0.105. The van der Waals surface area contributed by atoms with Gasteiger partial charge in [0.15, 0.2) is 0 Å². The van der Waals surface area contributed by atoms with Crippen LogP contribution >= 0.6 is 0 Å². The fourth-order valence-electron chi connectivity index (χ4n) is 1.97. The molecule has 0 amide bonds. The van der Waals surface area contributed by atoms with E-state index in [0.29, 0.717) is 25.8 Å². The number of rotatable bonds is 6. The molecule has 6 heteroatoms. The monoisotopic (exact) mass is 250 g/mol. The van der Waals surface area contributed by atoms with Gasteiger partial charge in [-0.2, -0.15) is 0 Å². The first kappa shape index (κ1) is 13.9. The van der Waals surface area contributed by atoms with Crippen LogP contribution in [0.15, 0.2) is 0 Å². The number of hydrogen-bond acceptors (Lipinski definition) is 4. The molecule has 0 aromatic rings. The van der Waals surface area contributed by atoms with Gasteiger partial charge >= 0.3 is 0 Å². The summed E-state index contributed by atoms with van der Waals surface area (Å²) in [5.41, 5.74) is 5.31. The minimum absolute atomic E-state index is 0.105. The van der Waals surface area contributed by atoms with Gasteiger partial charge in [-0.15, -0.1) is 0 Å². The molecule has 0 aromatic heterocycles. The SMILES string of the molecule is NCCCCS(=O)(=O)NC1CCCCC1O. The number of unbranched alkanes of at least 4 members (excludes halogenated alkanes) is 1. The number of sulfonamides is 1. The zero-order chi connectivity index (χ0) is 12.0. The molecular weight excluding hydrogens is 228 g/mol. The molecule has 1 rings (SSSR count). The Labute approximate surface area is 97.5 Å². The van der Waals surface area contributed by atoms with Crippen molar-refractivity contribution in [2.75, 3.05) is 12.3 Å². The van der Waals surface area contributed by atoms with Crippen molar-refractivity contribution in [1.82, 2.24) is 4.72 Å². The average Bonchev–Trinajstić information content (AvgIpc) is 2.21. The Hall–Kier alpha value is -0.170. The zero-order valence-corrected chi connectivity index (χ0v) is 10.4. The third-order valence-electron chi connectivity index (χ3n) is 2.93. The molecule has 1 saturated carbocycles. The molecule has 0 bridgehead atoms. The first-order chi connectivity index (χ1) is 7.55. The predicted molar refractivity (Wildman–Crippen MR) is 63.5 cm³/mol. The van der Waals surface area contributed by atoms with Crippen LogP contribution < -0.4 is 10.5 Å². The molecule has 4 N–H and O–H groups in total. The Morgan fingerprint density at radius 1 is 1.25 bits per heavy atom. The van der Waals surface area contributed by atoms with Crippen LogP contribution in [0.3, 0.4) is 0 Å². The summed E-state index contributed by atoms with van der Waals surface area (Å²) >= 11 is 0. The lowest BCUT2D eigenvalue weighted by Gasteiger charge is -2.28. The summed E-state index contributed by atoms with van der Waals surface area (Å²) < 4.78 is 25.9. The molecule has 0 radical (unpaired) electrons. The molecule has 1 aliphatic rings. The van der Waals surface area contributed by atoms with E-state index in [9.17, 15) is 13.5 Å². The maximum absolute atomic E-state index is 11.7. The average molecular weight is 250 g/mol. The maximum atomic E-state index is 11.7. The van der Waals surface area contributed by atoms with E-state index in [1.165, 1.54) is 0 Å². The largest absolute Gasteiger partial charge is 0.391 e. The van der Waals surface area contributed by atoms with Crippen LogP contribution in [0.2, 0.25) is 0 Å². The van der Waals surface area contributed by atoms with E-state index in [1.54, 1.807) is 0 Å². The molecule has 16 heavy (non-hydrogen) atoms. The Morgan fingerprint density at radius 2 is 1.94 bits per heavy atom. The van der Waals surface area contributed by atoms with Crippen molar-refractivity contribution >= 4 is 10.0 Å². The second-order valence-electron chi connectivity index (χ2n) is 4.39. The van der Waals surface area contributed by atoms with Crippen molar-refractivity contribution in [2.45, 2.75) is 50.7 Å². The van der Waals surface area contributed by atoms with Crippen molar-refractivity contribution < 1.29 is 13.5 Å². The summed E-state index contributed by atoms with van der Waals surface area (Å²) in [6, 6.07) is -0.295. The third-order valence-corrected chi connectivity index (χ3v) is 4.42. The lowest BCUT2D eigenvalue weighted by atomic mass is 9.93. The van der Waals surface area contributed by atoms with Crippen molar-refractivity contribution in [3.63, 3.8) is 0 Å². The van der Waals surface area contributed by atoms with Crippen molar-refractivity contribution in [3.8, 4) is 0 Å². The van der Waals surface area contributed by atoms with Gasteiger partial charge in [-0.1, -0.05) is 12.8 Å². The molecule has 2 unspecified atom stereocenters. The Kier molecular flexibility index (Phi) is 5.68. The van der Waals surface area contributed by atoms with E-state index in [2.05, 4.69) is 4.72 Å². The fourth-order valence-corrected chi connectivity index (χ4v) is 3.41. The standard InChI is InChI=1S/C10H22N2O3S/c11-7-3-4-8-16(14,15)12-9-5-1-2-6-10(9)13/h9-10,12-13H,1-8,11H2. The molecule has 0 saturated heterocycles. The molecule has 0 aliphatic heterocycles. The molecule has 2 atom stereocenters. The Balaban J connectivity index is 2.38. The summed E-state index contributed by atoms with van der Waals surface area (Å²) in [7, 11) is -3.25. The molecular formula is C10H22N2O3S. The van der Waals surface area contributed by atoms with Gasteiger partial charge in [0.1, 0.15) is 0 Å². The van der Waals surface area contributed by atoms with E-state index in [1.807, 2.05) is 0 Å². The minimum Gasteiger partial charge on any atom is -0.391 e. The Bertz CT molecular complexity index is 292. The van der Waals surface area contributed by atoms with Gasteiger partial charge in [0.05, 0.1) is 11.9 Å². The van der Waals surface area contributed by atoms with Gasteiger partial charge in [0.2, 0.25) is 10.0 Å². The van der Waals surface area contributed by atoms with Gasteiger partial charge in [-0.3, -0.25) is 0 Å². The molecule has 5 nitrogen and oxygen atoms in total. The van der Waals surface area contributed by atoms with Crippen LogP contribution in [-0.2, 0) is 10.0 Å². The first-order valence-corrected chi connectivity index (χ1v) is 7.58. The van der Waals surface area contributed by atoms with E-state index in [4.69, 9.17) is 5.73 Å². The smallest absolute Gasteiger partial charge is 0.211 e. The van der Waals surface area contributed by atoms with Crippen LogP contribution in [0.25, 0.3) is 0 Å². The number of nitrogens with two attached hydrogens (primary N) is 1. The van der Waals surface area contributed by atoms with E-state index in [0.717, 1.165) is 19.3 Å². The molecule has 96 valence electrons. The lowest BCUT2D eigenvalue weighted by Crippen LogP contribution is -2.45. The topological polar surface area (TPSA) is 92.4 Å². The zero-order valence-electron chi connectivity index (χ0n) is 9.56. The Morgan fingerprint density at radius 3 is 2.56 bits per heavy atom. The van der Waals surface area contributed by atoms with E-state index >= 15 is 0 Å². The second-order valence-corrected chi connectivity index (χ2v) is 6.26. The lowest BCUT2D eigenvalue weighted by molar-refractivity contribution is 0.101. The van der Waals surface area contributed by atoms with Gasteiger partial charge in [-0.05, 0) is 32.2 Å². The second kappa shape index (κ2) is 6.54. The molecule has 0 heterocycles. The number of aliphatic hydroxyl groups excluding tert-OH is 1. The highest BCUT2D eigenvalue weighted by molar-refractivity contribution is 7.89. The van der Waals surface area contributed by atoms with Crippen LogP contribution in [0.5, 0.6) is 0 Å². The summed E-state index contributed by atoms with van der Waals surface area (Å²) in [6.45, 7) is 0.515. The van der Waals surface area contributed by atoms with Gasteiger partial charge in [0, 0.05) is 6.04 Å². The number of aliphatic hydroxyl groups is 1. The summed E-state index contributed by atoms with van der Waals surface area (Å²) in [6.07, 6.45) is 4.15. The normalized spacial score (nSPS) is 26.9. The highest BCUT2D eigenvalue weighted by atomic mass is 32.2. The van der Waals surface area contributed by atoms with Crippen LogP contribution in [0.4, 0.5) is 0 Å². The first-order valence-electron chi connectivity index (χ1n) is 5.93. The van der Waals surface area contributed by atoms with Crippen LogP contribution in [0, 0.1) is 0 Å². The van der Waals surface area contributed by atoms with Crippen molar-refractivity contribution in [1.29, 1.82) is 0 Å². The van der Waals surface area contributed by atoms with Gasteiger partial charge in [0.25, 0.3) is 0 Å². The van der Waals surface area contributed by atoms with Crippen LogP contribution in [-0.4, -0.2) is 38.0 Å². The summed E-state index contributed by atoms with van der Waals surface area (Å²) in [4.78, 5) is 0. The van der Waals surface area contributed by atoms with Gasteiger partial charge < -0.3 is 10.8 Å². The third kappa shape index (κ3) is 4.78. The van der Waals surface area contributed by atoms with Gasteiger partial charge in [-0.25, -0.2) is 13.1 Å². The molecule has 0 spiro atoms. The van der Waals surface area contributed by atoms with E-state index < -0.39 is 16.1 Å².